The molecule has 20 heavy (non-hydrogen) atoms. The van der Waals surface area contributed by atoms with Crippen LogP contribution in [-0.2, 0) is 0 Å². The van der Waals surface area contributed by atoms with Crippen molar-refractivity contribution in [3.05, 3.63) is 29.0 Å². The van der Waals surface area contributed by atoms with Crippen molar-refractivity contribution in [2.45, 2.75) is 39.2 Å². The summed E-state index contributed by atoms with van der Waals surface area (Å²) < 4.78 is 5.36. The zero-order chi connectivity index (χ0) is 14.1. The first-order chi connectivity index (χ1) is 9.66. The Morgan fingerprint density at radius 1 is 1.50 bits per heavy atom. The summed E-state index contributed by atoms with van der Waals surface area (Å²) in [4.78, 5) is 20.1. The van der Waals surface area contributed by atoms with Gasteiger partial charge in [-0.2, -0.15) is 0 Å². The number of piperidine rings is 1. The average Bonchev–Trinajstić information content (AvgIpc) is 3.07. The second-order valence-electron chi connectivity index (χ2n) is 5.24. The normalized spacial score (nSPS) is 19.3. The molecule has 0 saturated carbocycles. The fourth-order valence-electron chi connectivity index (χ4n) is 2.64. The van der Waals surface area contributed by atoms with Crippen molar-refractivity contribution in [1.29, 1.82) is 0 Å². The monoisotopic (exact) mass is 290 g/mol. The molecular formula is C15H18N2O2S. The third kappa shape index (κ3) is 2.38. The highest BCUT2D eigenvalue weighted by Gasteiger charge is 2.27. The van der Waals surface area contributed by atoms with E-state index in [0.29, 0.717) is 11.7 Å². The molecule has 1 amide bonds. The van der Waals surface area contributed by atoms with Crippen LogP contribution in [0.3, 0.4) is 0 Å². The van der Waals surface area contributed by atoms with Gasteiger partial charge in [0.25, 0.3) is 5.91 Å². The van der Waals surface area contributed by atoms with Crippen LogP contribution < -0.4 is 0 Å². The molecular weight excluding hydrogens is 272 g/mol. The molecule has 1 fully saturated rings. The number of carbonyl (C=O) groups excluding carboxylic acids is 1. The predicted octanol–water partition coefficient (Wildman–Crippen LogP) is 3.73. The maximum Gasteiger partial charge on any atom is 0.273 e. The van der Waals surface area contributed by atoms with Gasteiger partial charge in [0.1, 0.15) is 5.69 Å². The minimum atomic E-state index is 0.0590. The smallest absolute Gasteiger partial charge is 0.273 e. The predicted molar refractivity (Wildman–Crippen MR) is 78.9 cm³/mol. The second-order valence-corrected chi connectivity index (χ2v) is 6.45. The zero-order valence-corrected chi connectivity index (χ0v) is 12.6. The minimum Gasteiger partial charge on any atom is -0.462 e. The number of aryl methyl sites for hydroxylation is 1. The summed E-state index contributed by atoms with van der Waals surface area (Å²) in [5.74, 6) is 0.785. The summed E-state index contributed by atoms with van der Waals surface area (Å²) in [5.41, 5.74) is 0.579. The van der Waals surface area contributed by atoms with Crippen molar-refractivity contribution >= 4 is 17.2 Å². The summed E-state index contributed by atoms with van der Waals surface area (Å²) in [6.07, 6.45) is 5.00. The van der Waals surface area contributed by atoms with Crippen molar-refractivity contribution in [3.8, 4) is 10.8 Å². The third-order valence-electron chi connectivity index (χ3n) is 3.79. The van der Waals surface area contributed by atoms with E-state index in [0.717, 1.165) is 35.0 Å². The fraction of sp³-hybridized carbons (Fsp3) is 0.467. The van der Waals surface area contributed by atoms with Gasteiger partial charge in [-0.15, -0.1) is 11.3 Å². The summed E-state index contributed by atoms with van der Waals surface area (Å²) in [5, 5.41) is 0.778. The van der Waals surface area contributed by atoms with E-state index in [-0.39, 0.29) is 5.91 Å². The molecule has 1 atom stereocenters. The Morgan fingerprint density at radius 2 is 2.35 bits per heavy atom. The molecule has 0 N–H and O–H groups in total. The third-order valence-corrected chi connectivity index (χ3v) is 4.78. The van der Waals surface area contributed by atoms with Crippen LogP contribution in [0.5, 0.6) is 0 Å². The van der Waals surface area contributed by atoms with Gasteiger partial charge >= 0.3 is 0 Å². The summed E-state index contributed by atoms with van der Waals surface area (Å²) in [7, 11) is 0. The van der Waals surface area contributed by atoms with E-state index < -0.39 is 0 Å². The van der Waals surface area contributed by atoms with Gasteiger partial charge in [-0.25, -0.2) is 4.98 Å². The summed E-state index contributed by atoms with van der Waals surface area (Å²) >= 11 is 1.51. The van der Waals surface area contributed by atoms with Crippen molar-refractivity contribution in [2.24, 2.45) is 0 Å². The molecule has 1 unspecified atom stereocenters. The van der Waals surface area contributed by atoms with Crippen molar-refractivity contribution in [3.63, 3.8) is 0 Å². The zero-order valence-electron chi connectivity index (χ0n) is 11.8. The quantitative estimate of drug-likeness (QED) is 0.846. The summed E-state index contributed by atoms with van der Waals surface area (Å²) in [6, 6.07) is 4.01. The number of hydrogen-bond donors (Lipinski definition) is 0. The lowest BCUT2D eigenvalue weighted by atomic mass is 10.0. The molecule has 0 spiro atoms. The number of furan rings is 1. The van der Waals surface area contributed by atoms with E-state index in [4.69, 9.17) is 4.42 Å². The lowest BCUT2D eigenvalue weighted by Gasteiger charge is -2.33. The highest BCUT2D eigenvalue weighted by molar-refractivity contribution is 7.15. The second kappa shape index (κ2) is 5.40. The van der Waals surface area contributed by atoms with Crippen molar-refractivity contribution in [2.75, 3.05) is 6.54 Å². The Balaban J connectivity index is 1.88. The average molecular weight is 290 g/mol. The molecule has 106 valence electrons. The largest absolute Gasteiger partial charge is 0.462 e. The van der Waals surface area contributed by atoms with E-state index in [2.05, 4.69) is 11.9 Å². The number of thiazole rings is 1. The lowest BCUT2D eigenvalue weighted by molar-refractivity contribution is 0.0629. The standard InChI is InChI=1S/C15H18N2O2S/c1-10-6-3-4-8-17(10)15(18)13-11(2)20-14(16-13)12-7-5-9-19-12/h5,7,9-10H,3-4,6,8H2,1-2H3. The fourth-order valence-corrected chi connectivity index (χ4v) is 3.51. The van der Waals surface area contributed by atoms with Gasteiger partial charge in [-0.05, 0) is 45.2 Å². The number of amides is 1. The number of carbonyl (C=O) groups is 1. The van der Waals surface area contributed by atoms with E-state index in [9.17, 15) is 4.79 Å². The highest BCUT2D eigenvalue weighted by atomic mass is 32.1. The van der Waals surface area contributed by atoms with Crippen LogP contribution >= 0.6 is 11.3 Å². The summed E-state index contributed by atoms with van der Waals surface area (Å²) in [6.45, 7) is 4.91. The number of hydrogen-bond acceptors (Lipinski definition) is 4. The molecule has 0 aliphatic carbocycles. The Kier molecular flexibility index (Phi) is 3.61. The van der Waals surface area contributed by atoms with Gasteiger partial charge in [-0.3, -0.25) is 4.79 Å². The maximum atomic E-state index is 12.7. The number of rotatable bonds is 2. The van der Waals surface area contributed by atoms with Crippen LogP contribution in [0.25, 0.3) is 10.8 Å². The molecule has 4 nitrogen and oxygen atoms in total. The van der Waals surface area contributed by atoms with Crippen LogP contribution in [0.2, 0.25) is 0 Å². The first-order valence-electron chi connectivity index (χ1n) is 6.99. The number of nitrogens with zero attached hydrogens (tertiary/aromatic N) is 2. The van der Waals surface area contributed by atoms with Crippen LogP contribution in [0.15, 0.2) is 22.8 Å². The van der Waals surface area contributed by atoms with E-state index in [1.165, 1.54) is 17.8 Å². The van der Waals surface area contributed by atoms with E-state index in [1.807, 2.05) is 24.0 Å². The molecule has 2 aromatic rings. The SMILES string of the molecule is Cc1sc(-c2ccco2)nc1C(=O)N1CCCCC1C. The molecule has 3 heterocycles. The van der Waals surface area contributed by atoms with Gasteiger partial charge < -0.3 is 9.32 Å². The molecule has 5 heteroatoms. The Morgan fingerprint density at radius 3 is 3.05 bits per heavy atom. The van der Waals surface area contributed by atoms with Crippen LogP contribution in [0.1, 0.15) is 41.6 Å². The van der Waals surface area contributed by atoms with Gasteiger partial charge in [0.15, 0.2) is 10.8 Å². The minimum absolute atomic E-state index is 0.0590. The molecule has 1 aliphatic rings. The van der Waals surface area contributed by atoms with E-state index in [1.54, 1.807) is 6.26 Å². The van der Waals surface area contributed by atoms with E-state index >= 15 is 0 Å². The Bertz CT molecular complexity index is 603. The molecule has 1 aliphatic heterocycles. The lowest BCUT2D eigenvalue weighted by Crippen LogP contribution is -2.42. The molecule has 0 aromatic carbocycles. The number of likely N-dealkylation sites (tertiary alicyclic amines) is 1. The van der Waals surface area contributed by atoms with Crippen molar-refractivity contribution < 1.29 is 9.21 Å². The molecule has 3 rings (SSSR count). The molecule has 0 bridgehead atoms. The first kappa shape index (κ1) is 13.4. The van der Waals surface area contributed by atoms with Crippen LogP contribution in [0.4, 0.5) is 0 Å². The highest BCUT2D eigenvalue weighted by Crippen LogP contribution is 2.29. The van der Waals surface area contributed by atoms with Crippen molar-refractivity contribution in [1.82, 2.24) is 9.88 Å². The Labute approximate surface area is 122 Å². The molecule has 1 saturated heterocycles. The molecule has 2 aromatic heterocycles. The van der Waals surface area contributed by atoms with Gasteiger partial charge in [0, 0.05) is 17.5 Å². The van der Waals surface area contributed by atoms with Gasteiger partial charge in [-0.1, -0.05) is 0 Å². The van der Waals surface area contributed by atoms with Crippen LogP contribution in [-0.4, -0.2) is 28.4 Å². The van der Waals surface area contributed by atoms with Crippen LogP contribution in [0, 0.1) is 6.92 Å². The number of aromatic nitrogens is 1. The first-order valence-corrected chi connectivity index (χ1v) is 7.80. The van der Waals surface area contributed by atoms with Gasteiger partial charge in [0.05, 0.1) is 6.26 Å². The maximum absolute atomic E-state index is 12.7. The Hall–Kier alpha value is -1.62. The topological polar surface area (TPSA) is 46.3 Å². The molecule has 0 radical (unpaired) electrons. The van der Waals surface area contributed by atoms with Gasteiger partial charge in [0.2, 0.25) is 0 Å².